The van der Waals surface area contributed by atoms with Crippen LogP contribution in [0.5, 0.6) is 11.5 Å². The Kier molecular flexibility index (Phi) is 4.87. The SMILES string of the molecule is COc1ccc(-c2nc3cc(NCc4cnc(Cl)s4)ccc3o2)cc1OC. The number of hydrogen-bond acceptors (Lipinski definition) is 7. The summed E-state index contributed by atoms with van der Waals surface area (Å²) in [6.07, 6.45) is 1.77. The van der Waals surface area contributed by atoms with Crippen LogP contribution in [0.25, 0.3) is 22.6 Å². The van der Waals surface area contributed by atoms with E-state index in [9.17, 15) is 0 Å². The van der Waals surface area contributed by atoms with Crippen LogP contribution in [-0.4, -0.2) is 24.2 Å². The Bertz CT molecular complexity index is 1090. The van der Waals surface area contributed by atoms with Crippen molar-refractivity contribution in [1.29, 1.82) is 0 Å². The maximum Gasteiger partial charge on any atom is 0.227 e. The number of aromatic nitrogens is 2. The monoisotopic (exact) mass is 401 g/mol. The normalized spacial score (nSPS) is 10.9. The third kappa shape index (κ3) is 3.70. The summed E-state index contributed by atoms with van der Waals surface area (Å²) in [5, 5.41) is 3.34. The predicted octanol–water partition coefficient (Wildman–Crippen LogP) is 5.23. The van der Waals surface area contributed by atoms with Crippen molar-refractivity contribution in [2.45, 2.75) is 6.54 Å². The van der Waals surface area contributed by atoms with Crippen LogP contribution in [0.2, 0.25) is 4.47 Å². The molecule has 0 aliphatic rings. The molecule has 0 saturated heterocycles. The number of rotatable bonds is 6. The first-order valence-corrected chi connectivity index (χ1v) is 9.33. The van der Waals surface area contributed by atoms with Gasteiger partial charge in [0.15, 0.2) is 21.5 Å². The molecule has 6 nitrogen and oxygen atoms in total. The van der Waals surface area contributed by atoms with E-state index in [1.807, 2.05) is 36.4 Å². The molecule has 4 aromatic rings. The van der Waals surface area contributed by atoms with Gasteiger partial charge in [-0.2, -0.15) is 0 Å². The zero-order valence-electron chi connectivity index (χ0n) is 14.7. The Hall–Kier alpha value is -2.77. The minimum atomic E-state index is 0.525. The largest absolute Gasteiger partial charge is 0.493 e. The standard InChI is InChI=1S/C19H16ClN3O3S/c1-24-16-5-3-11(7-17(16)25-2)18-23-14-8-12(4-6-15(14)26-18)21-9-13-10-22-19(20)27-13/h3-8,10,21H,9H2,1-2H3. The minimum Gasteiger partial charge on any atom is -0.493 e. The van der Waals surface area contributed by atoms with E-state index in [0.717, 1.165) is 21.6 Å². The van der Waals surface area contributed by atoms with E-state index in [-0.39, 0.29) is 0 Å². The molecule has 2 aromatic heterocycles. The molecule has 0 saturated carbocycles. The van der Waals surface area contributed by atoms with Gasteiger partial charge < -0.3 is 19.2 Å². The molecule has 0 aliphatic carbocycles. The highest BCUT2D eigenvalue weighted by molar-refractivity contribution is 7.15. The van der Waals surface area contributed by atoms with Crippen LogP contribution in [0.3, 0.4) is 0 Å². The van der Waals surface area contributed by atoms with Crippen molar-refractivity contribution < 1.29 is 13.9 Å². The number of nitrogens with one attached hydrogen (secondary N) is 1. The molecule has 27 heavy (non-hydrogen) atoms. The first-order chi connectivity index (χ1) is 13.2. The highest BCUT2D eigenvalue weighted by atomic mass is 35.5. The number of benzene rings is 2. The predicted molar refractivity (Wildman–Crippen MR) is 107 cm³/mol. The van der Waals surface area contributed by atoms with E-state index in [2.05, 4.69) is 15.3 Å². The second-order valence-electron chi connectivity index (χ2n) is 5.70. The van der Waals surface area contributed by atoms with E-state index in [1.165, 1.54) is 11.3 Å². The molecule has 0 radical (unpaired) electrons. The fourth-order valence-corrected chi connectivity index (χ4v) is 3.60. The summed E-state index contributed by atoms with van der Waals surface area (Å²) in [7, 11) is 3.20. The van der Waals surface area contributed by atoms with Gasteiger partial charge in [0, 0.05) is 22.3 Å². The fraction of sp³-hybridized carbons (Fsp3) is 0.158. The molecule has 4 rings (SSSR count). The topological polar surface area (TPSA) is 69.4 Å². The fourth-order valence-electron chi connectivity index (χ4n) is 2.68. The minimum absolute atomic E-state index is 0.525. The highest BCUT2D eigenvalue weighted by Gasteiger charge is 2.12. The lowest BCUT2D eigenvalue weighted by Gasteiger charge is -2.07. The van der Waals surface area contributed by atoms with E-state index >= 15 is 0 Å². The second-order valence-corrected chi connectivity index (χ2v) is 7.40. The molecule has 0 spiro atoms. The van der Waals surface area contributed by atoms with Crippen LogP contribution in [-0.2, 0) is 6.54 Å². The molecule has 8 heteroatoms. The van der Waals surface area contributed by atoms with E-state index in [0.29, 0.717) is 34.0 Å². The molecule has 1 N–H and O–H groups in total. The van der Waals surface area contributed by atoms with Gasteiger partial charge in [0.05, 0.1) is 20.8 Å². The Labute approximate surface area is 164 Å². The average Bonchev–Trinajstić information content (AvgIpc) is 3.31. The Morgan fingerprint density at radius 1 is 1.11 bits per heavy atom. The van der Waals surface area contributed by atoms with Crippen molar-refractivity contribution in [3.05, 3.63) is 51.9 Å². The molecule has 0 atom stereocenters. The molecular weight excluding hydrogens is 386 g/mol. The number of nitrogens with zero attached hydrogens (tertiary/aromatic N) is 2. The first kappa shape index (κ1) is 17.6. The molecular formula is C19H16ClN3O3S. The van der Waals surface area contributed by atoms with Crippen molar-refractivity contribution >= 4 is 39.7 Å². The Morgan fingerprint density at radius 2 is 1.96 bits per heavy atom. The van der Waals surface area contributed by atoms with Crippen molar-refractivity contribution in [2.24, 2.45) is 0 Å². The van der Waals surface area contributed by atoms with Gasteiger partial charge in [0.1, 0.15) is 5.52 Å². The van der Waals surface area contributed by atoms with Crippen molar-refractivity contribution in [2.75, 3.05) is 19.5 Å². The first-order valence-electron chi connectivity index (χ1n) is 8.13. The van der Waals surface area contributed by atoms with Crippen molar-refractivity contribution in [3.63, 3.8) is 0 Å². The summed E-state index contributed by atoms with van der Waals surface area (Å²) in [4.78, 5) is 9.70. The Morgan fingerprint density at radius 3 is 2.70 bits per heavy atom. The van der Waals surface area contributed by atoms with Crippen LogP contribution in [0, 0.1) is 0 Å². The quantitative estimate of drug-likeness (QED) is 0.476. The van der Waals surface area contributed by atoms with Crippen molar-refractivity contribution in [1.82, 2.24) is 9.97 Å². The van der Waals surface area contributed by atoms with Crippen LogP contribution in [0.1, 0.15) is 4.88 Å². The van der Waals surface area contributed by atoms with Crippen LogP contribution in [0.4, 0.5) is 5.69 Å². The molecule has 0 unspecified atom stereocenters. The van der Waals surface area contributed by atoms with Gasteiger partial charge in [-0.05, 0) is 36.4 Å². The maximum atomic E-state index is 5.89. The number of fused-ring (bicyclic) bond motifs is 1. The van der Waals surface area contributed by atoms with Gasteiger partial charge in [-0.25, -0.2) is 9.97 Å². The Balaban J connectivity index is 1.59. The van der Waals surface area contributed by atoms with Crippen LogP contribution in [0.15, 0.2) is 47.0 Å². The van der Waals surface area contributed by atoms with E-state index in [4.69, 9.17) is 25.5 Å². The van der Waals surface area contributed by atoms with Gasteiger partial charge in [-0.15, -0.1) is 11.3 Å². The zero-order valence-corrected chi connectivity index (χ0v) is 16.2. The van der Waals surface area contributed by atoms with Gasteiger partial charge in [0.25, 0.3) is 0 Å². The lowest BCUT2D eigenvalue weighted by Crippen LogP contribution is -1.96. The summed E-state index contributed by atoms with van der Waals surface area (Å²) in [5.41, 5.74) is 3.25. The summed E-state index contributed by atoms with van der Waals surface area (Å²) in [6, 6.07) is 11.4. The van der Waals surface area contributed by atoms with E-state index < -0.39 is 0 Å². The number of thiazole rings is 1. The zero-order chi connectivity index (χ0) is 18.8. The van der Waals surface area contributed by atoms with E-state index in [1.54, 1.807) is 20.4 Å². The summed E-state index contributed by atoms with van der Waals surface area (Å²) in [5.74, 6) is 1.81. The lowest BCUT2D eigenvalue weighted by molar-refractivity contribution is 0.355. The second kappa shape index (κ2) is 7.46. The number of methoxy groups -OCH3 is 2. The molecule has 2 heterocycles. The number of anilines is 1. The molecule has 0 aliphatic heterocycles. The maximum absolute atomic E-state index is 5.89. The van der Waals surface area contributed by atoms with Gasteiger partial charge in [0.2, 0.25) is 5.89 Å². The average molecular weight is 402 g/mol. The number of hydrogen-bond donors (Lipinski definition) is 1. The third-order valence-corrected chi connectivity index (χ3v) is 5.12. The smallest absolute Gasteiger partial charge is 0.227 e. The third-order valence-electron chi connectivity index (χ3n) is 4.01. The lowest BCUT2D eigenvalue weighted by atomic mass is 10.2. The summed E-state index contributed by atoms with van der Waals surface area (Å²) >= 11 is 7.32. The number of ether oxygens (including phenoxy) is 2. The van der Waals surface area contributed by atoms with Gasteiger partial charge in [-0.1, -0.05) is 11.6 Å². The number of oxazole rings is 1. The van der Waals surface area contributed by atoms with Gasteiger partial charge in [-0.3, -0.25) is 0 Å². The van der Waals surface area contributed by atoms with Gasteiger partial charge >= 0.3 is 0 Å². The molecule has 0 amide bonds. The van der Waals surface area contributed by atoms with Crippen molar-refractivity contribution in [3.8, 4) is 23.0 Å². The van der Waals surface area contributed by atoms with Crippen LogP contribution >= 0.6 is 22.9 Å². The van der Waals surface area contributed by atoms with Crippen LogP contribution < -0.4 is 14.8 Å². The molecule has 138 valence electrons. The molecule has 0 fully saturated rings. The molecule has 2 aromatic carbocycles. The number of halogens is 1. The highest BCUT2D eigenvalue weighted by Crippen LogP contribution is 2.33. The summed E-state index contributed by atoms with van der Waals surface area (Å²) < 4.78 is 17.0. The summed E-state index contributed by atoms with van der Waals surface area (Å²) in [6.45, 7) is 0.649. The molecule has 0 bridgehead atoms.